The van der Waals surface area contributed by atoms with Gasteiger partial charge in [-0.05, 0) is 19.8 Å². The fraction of sp³-hybridized carbons (Fsp3) is 0.750. The quantitative estimate of drug-likeness (QED) is 0.883. The third kappa shape index (κ3) is 4.22. The van der Waals surface area contributed by atoms with E-state index in [0.717, 1.165) is 57.2 Å². The number of anilines is 1. The van der Waals surface area contributed by atoms with E-state index in [9.17, 15) is 9.90 Å². The summed E-state index contributed by atoms with van der Waals surface area (Å²) in [4.78, 5) is 23.7. The van der Waals surface area contributed by atoms with Gasteiger partial charge in [0.1, 0.15) is 0 Å². The van der Waals surface area contributed by atoms with E-state index in [-0.39, 0.29) is 12.0 Å². The van der Waals surface area contributed by atoms with Crippen LogP contribution in [0.1, 0.15) is 19.8 Å². The number of carbonyl (C=O) groups is 1. The van der Waals surface area contributed by atoms with E-state index < -0.39 is 0 Å². The molecule has 3 rings (SSSR count). The molecule has 3 heterocycles. The van der Waals surface area contributed by atoms with E-state index in [1.54, 1.807) is 11.3 Å². The maximum absolute atomic E-state index is 12.8. The van der Waals surface area contributed by atoms with E-state index in [2.05, 4.69) is 14.8 Å². The molecule has 0 aliphatic carbocycles. The lowest BCUT2D eigenvalue weighted by molar-refractivity contribution is -0.137. The lowest BCUT2D eigenvalue weighted by Gasteiger charge is -2.39. The molecule has 0 spiro atoms. The Balaban J connectivity index is 1.52. The van der Waals surface area contributed by atoms with Gasteiger partial charge in [0, 0.05) is 57.4 Å². The van der Waals surface area contributed by atoms with Crippen molar-refractivity contribution in [3.05, 3.63) is 11.6 Å². The zero-order valence-electron chi connectivity index (χ0n) is 13.7. The van der Waals surface area contributed by atoms with Gasteiger partial charge in [0.25, 0.3) is 0 Å². The molecule has 128 valence electrons. The van der Waals surface area contributed by atoms with E-state index in [1.807, 2.05) is 23.4 Å². The second-order valence-corrected chi connectivity index (χ2v) is 7.45. The number of β-amino-alcohol motifs (C(OH)–C–C–N with tert-alkyl or cyclic N) is 1. The Morgan fingerprint density at radius 3 is 2.83 bits per heavy atom. The van der Waals surface area contributed by atoms with Gasteiger partial charge in [0.05, 0.1) is 12.0 Å². The number of piperazine rings is 1. The number of carbonyl (C=O) groups excluding carboxylic acids is 1. The summed E-state index contributed by atoms with van der Waals surface area (Å²) in [5, 5.41) is 12.5. The lowest BCUT2D eigenvalue weighted by Crippen LogP contribution is -2.53. The number of piperidine rings is 1. The monoisotopic (exact) mass is 338 g/mol. The highest BCUT2D eigenvalue weighted by atomic mass is 32.1. The third-order valence-corrected chi connectivity index (χ3v) is 5.50. The second kappa shape index (κ2) is 7.59. The van der Waals surface area contributed by atoms with E-state index >= 15 is 0 Å². The van der Waals surface area contributed by atoms with Crippen LogP contribution in [0.15, 0.2) is 11.6 Å². The minimum absolute atomic E-state index is 0.0935. The molecule has 0 unspecified atom stereocenters. The Morgan fingerprint density at radius 1 is 1.39 bits per heavy atom. The Morgan fingerprint density at radius 2 is 2.17 bits per heavy atom. The molecule has 23 heavy (non-hydrogen) atoms. The van der Waals surface area contributed by atoms with Crippen LogP contribution < -0.4 is 4.90 Å². The maximum atomic E-state index is 12.8. The molecule has 0 saturated carbocycles. The molecule has 2 atom stereocenters. The summed E-state index contributed by atoms with van der Waals surface area (Å²) < 4.78 is 0. The van der Waals surface area contributed by atoms with E-state index in [4.69, 9.17) is 0 Å². The number of rotatable bonds is 4. The number of amides is 1. The minimum Gasteiger partial charge on any atom is -0.392 e. The standard InChI is InChI=1S/C16H26N4O2S/c1-13(21)11-18-6-8-19(9-7-18)15(22)14-3-2-5-20(12-14)16-17-4-10-23-16/h4,10,13-14,21H,2-3,5-9,11-12H2,1H3/t13-,14-/m0/s1. The van der Waals surface area contributed by atoms with Gasteiger partial charge in [-0.15, -0.1) is 11.3 Å². The first-order chi connectivity index (χ1) is 11.1. The molecule has 1 aromatic heterocycles. The molecule has 1 amide bonds. The number of nitrogens with zero attached hydrogens (tertiary/aromatic N) is 4. The first-order valence-corrected chi connectivity index (χ1v) is 9.35. The number of hydrogen-bond donors (Lipinski definition) is 1. The summed E-state index contributed by atoms with van der Waals surface area (Å²) >= 11 is 1.64. The molecule has 0 radical (unpaired) electrons. The van der Waals surface area contributed by atoms with Gasteiger partial charge in [0.15, 0.2) is 5.13 Å². The predicted molar refractivity (Wildman–Crippen MR) is 91.8 cm³/mol. The van der Waals surface area contributed by atoms with Crippen LogP contribution in [0, 0.1) is 5.92 Å². The number of thiazole rings is 1. The fourth-order valence-corrected chi connectivity index (χ4v) is 4.19. The molecule has 1 aromatic rings. The van der Waals surface area contributed by atoms with Crippen molar-refractivity contribution in [1.82, 2.24) is 14.8 Å². The topological polar surface area (TPSA) is 59.9 Å². The molecule has 2 fully saturated rings. The first kappa shape index (κ1) is 16.7. The molecule has 7 heteroatoms. The van der Waals surface area contributed by atoms with E-state index in [1.165, 1.54) is 0 Å². The van der Waals surface area contributed by atoms with Crippen molar-refractivity contribution < 1.29 is 9.90 Å². The van der Waals surface area contributed by atoms with Gasteiger partial charge in [-0.2, -0.15) is 0 Å². The van der Waals surface area contributed by atoms with Crippen molar-refractivity contribution in [3.8, 4) is 0 Å². The zero-order chi connectivity index (χ0) is 16.2. The maximum Gasteiger partial charge on any atom is 0.227 e. The summed E-state index contributed by atoms with van der Waals surface area (Å²) in [6.45, 7) is 7.58. The summed E-state index contributed by atoms with van der Waals surface area (Å²) in [5.41, 5.74) is 0. The third-order valence-electron chi connectivity index (χ3n) is 4.67. The number of aliphatic hydroxyl groups is 1. The van der Waals surface area contributed by atoms with E-state index in [0.29, 0.717) is 12.5 Å². The highest BCUT2D eigenvalue weighted by Gasteiger charge is 2.31. The van der Waals surface area contributed by atoms with Crippen LogP contribution in [0.3, 0.4) is 0 Å². The van der Waals surface area contributed by atoms with Crippen molar-refractivity contribution >= 4 is 22.4 Å². The molecule has 1 N–H and O–H groups in total. The highest BCUT2D eigenvalue weighted by molar-refractivity contribution is 7.13. The van der Waals surface area contributed by atoms with Crippen LogP contribution >= 0.6 is 11.3 Å². The highest BCUT2D eigenvalue weighted by Crippen LogP contribution is 2.26. The zero-order valence-corrected chi connectivity index (χ0v) is 14.5. The normalized spacial score (nSPS) is 24.7. The van der Waals surface area contributed by atoms with Crippen molar-refractivity contribution in [2.45, 2.75) is 25.9 Å². The average Bonchev–Trinajstić information content (AvgIpc) is 3.09. The van der Waals surface area contributed by atoms with Crippen LogP contribution in [-0.2, 0) is 4.79 Å². The van der Waals surface area contributed by atoms with Gasteiger partial charge in [0.2, 0.25) is 5.91 Å². The molecule has 2 saturated heterocycles. The Kier molecular flexibility index (Phi) is 5.50. The molecular weight excluding hydrogens is 312 g/mol. The molecule has 6 nitrogen and oxygen atoms in total. The number of hydrogen-bond acceptors (Lipinski definition) is 6. The van der Waals surface area contributed by atoms with Gasteiger partial charge in [-0.1, -0.05) is 0 Å². The Bertz CT molecular complexity index is 500. The molecule has 0 bridgehead atoms. The Hall–Kier alpha value is -1.18. The van der Waals surface area contributed by atoms with Crippen LogP contribution in [0.4, 0.5) is 5.13 Å². The Labute approximate surface area is 141 Å². The van der Waals surface area contributed by atoms with Crippen molar-refractivity contribution in [2.24, 2.45) is 5.92 Å². The molecule has 2 aliphatic rings. The van der Waals surface area contributed by atoms with Crippen LogP contribution in [0.5, 0.6) is 0 Å². The number of aliphatic hydroxyl groups excluding tert-OH is 1. The summed E-state index contributed by atoms with van der Waals surface area (Å²) in [6, 6.07) is 0. The predicted octanol–water partition coefficient (Wildman–Crippen LogP) is 0.884. The summed E-state index contributed by atoms with van der Waals surface area (Å²) in [6.07, 6.45) is 3.56. The van der Waals surface area contributed by atoms with Gasteiger partial charge in [-0.25, -0.2) is 4.98 Å². The molecule has 2 aliphatic heterocycles. The van der Waals surface area contributed by atoms with Crippen molar-refractivity contribution in [1.29, 1.82) is 0 Å². The van der Waals surface area contributed by atoms with Crippen molar-refractivity contribution in [2.75, 3.05) is 50.7 Å². The second-order valence-electron chi connectivity index (χ2n) is 6.57. The van der Waals surface area contributed by atoms with Gasteiger partial charge < -0.3 is 14.9 Å². The number of aromatic nitrogens is 1. The van der Waals surface area contributed by atoms with Gasteiger partial charge in [-0.3, -0.25) is 9.69 Å². The summed E-state index contributed by atoms with van der Waals surface area (Å²) in [7, 11) is 0. The lowest BCUT2D eigenvalue weighted by atomic mass is 9.96. The largest absolute Gasteiger partial charge is 0.392 e. The first-order valence-electron chi connectivity index (χ1n) is 8.47. The fourth-order valence-electron chi connectivity index (χ4n) is 3.51. The minimum atomic E-state index is -0.303. The SMILES string of the molecule is C[C@H](O)CN1CCN(C(=O)[C@H]2CCCN(c3nccs3)C2)CC1. The molecule has 0 aromatic carbocycles. The van der Waals surface area contributed by atoms with Crippen molar-refractivity contribution in [3.63, 3.8) is 0 Å². The summed E-state index contributed by atoms with van der Waals surface area (Å²) in [5.74, 6) is 0.388. The van der Waals surface area contributed by atoms with Crippen LogP contribution in [-0.4, -0.2) is 77.7 Å². The van der Waals surface area contributed by atoms with Crippen LogP contribution in [0.2, 0.25) is 0 Å². The average molecular weight is 338 g/mol. The van der Waals surface area contributed by atoms with Gasteiger partial charge >= 0.3 is 0 Å². The molecular formula is C16H26N4O2S. The smallest absolute Gasteiger partial charge is 0.227 e. The van der Waals surface area contributed by atoms with Crippen LogP contribution in [0.25, 0.3) is 0 Å².